The maximum atomic E-state index is 14.0. The molecule has 0 aromatic heterocycles. The molecule has 258 valence electrons. The number of amides is 1. The summed E-state index contributed by atoms with van der Waals surface area (Å²) in [7, 11) is 3.13. The van der Waals surface area contributed by atoms with Gasteiger partial charge in [0.05, 0.1) is 19.8 Å². The molecule has 10 heteroatoms. The number of nitrogens with one attached hydrogen (secondary N) is 1. The molecule has 0 heterocycles. The molecule has 0 saturated carbocycles. The Bertz CT molecular complexity index is 1880. The molecule has 2 N–H and O–H groups in total. The lowest BCUT2D eigenvalue weighted by Crippen LogP contribution is -2.49. The van der Waals surface area contributed by atoms with E-state index in [0.29, 0.717) is 29.2 Å². The van der Waals surface area contributed by atoms with Crippen LogP contribution in [0.3, 0.4) is 0 Å². The van der Waals surface area contributed by atoms with Gasteiger partial charge in [0.25, 0.3) is 5.91 Å². The van der Waals surface area contributed by atoms with Gasteiger partial charge in [-0.05, 0) is 58.1 Å². The lowest BCUT2D eigenvalue weighted by atomic mass is 9.99. The standard InChI is InChI=1S/C40H37F3N2O5/c1-49-35-21-18-33(37(25-35)50-2)26-44-22-23-45(36(39(47)48)24-27-8-10-29(11-9-27)28-6-4-3-5-7-28)38(46)32-14-12-30(13-15-32)31-16-19-34(20-17-31)40(41,42)43/h3-21,25,36,44H,22-24,26H2,1-2H3,(H,47,48). The Morgan fingerprint density at radius 3 is 1.90 bits per heavy atom. The zero-order chi connectivity index (χ0) is 35.7. The topological polar surface area (TPSA) is 88.1 Å². The summed E-state index contributed by atoms with van der Waals surface area (Å²) >= 11 is 0. The summed E-state index contributed by atoms with van der Waals surface area (Å²) < 4.78 is 49.9. The Kier molecular flexibility index (Phi) is 11.6. The van der Waals surface area contributed by atoms with Crippen LogP contribution >= 0.6 is 0 Å². The van der Waals surface area contributed by atoms with Crippen LogP contribution in [0.15, 0.2) is 121 Å². The first kappa shape index (κ1) is 35.7. The second-order valence-corrected chi connectivity index (χ2v) is 11.6. The highest BCUT2D eigenvalue weighted by Crippen LogP contribution is 2.31. The van der Waals surface area contributed by atoms with Crippen molar-refractivity contribution in [1.82, 2.24) is 10.2 Å². The summed E-state index contributed by atoms with van der Waals surface area (Å²) in [6, 6.07) is 32.8. The predicted molar refractivity (Wildman–Crippen MR) is 186 cm³/mol. The van der Waals surface area contributed by atoms with E-state index in [9.17, 15) is 27.9 Å². The Balaban J connectivity index is 1.36. The highest BCUT2D eigenvalue weighted by atomic mass is 19.4. The van der Waals surface area contributed by atoms with Crippen LogP contribution in [0.5, 0.6) is 11.5 Å². The molecule has 0 saturated heterocycles. The van der Waals surface area contributed by atoms with Gasteiger partial charge >= 0.3 is 12.1 Å². The fraction of sp³-hybridized carbons (Fsp3) is 0.200. The predicted octanol–water partition coefficient (Wildman–Crippen LogP) is 7.98. The molecule has 0 bridgehead atoms. The van der Waals surface area contributed by atoms with E-state index in [4.69, 9.17) is 9.47 Å². The highest BCUT2D eigenvalue weighted by molar-refractivity contribution is 5.97. The number of hydrogen-bond donors (Lipinski definition) is 2. The van der Waals surface area contributed by atoms with Gasteiger partial charge in [0.15, 0.2) is 0 Å². The number of alkyl halides is 3. The number of carbonyl (C=O) groups excluding carboxylic acids is 1. The van der Waals surface area contributed by atoms with E-state index in [0.717, 1.165) is 34.4 Å². The maximum Gasteiger partial charge on any atom is 0.416 e. The Labute approximate surface area is 288 Å². The molecule has 0 spiro atoms. The SMILES string of the molecule is COc1ccc(CNCCN(C(=O)c2ccc(-c3ccc(C(F)(F)F)cc3)cc2)C(Cc2ccc(-c3ccccc3)cc2)C(=O)O)c(OC)c1. The molecule has 0 radical (unpaired) electrons. The summed E-state index contributed by atoms with van der Waals surface area (Å²) in [5.74, 6) is -0.363. The van der Waals surface area contributed by atoms with Crippen molar-refractivity contribution in [3.63, 3.8) is 0 Å². The van der Waals surface area contributed by atoms with Crippen LogP contribution < -0.4 is 14.8 Å². The van der Waals surface area contributed by atoms with Gasteiger partial charge in [-0.25, -0.2) is 4.79 Å². The largest absolute Gasteiger partial charge is 0.497 e. The number of nitrogens with zero attached hydrogens (tertiary/aromatic N) is 1. The summed E-state index contributed by atoms with van der Waals surface area (Å²) in [5.41, 5.74) is 4.30. The van der Waals surface area contributed by atoms with Crippen LogP contribution in [0.4, 0.5) is 13.2 Å². The van der Waals surface area contributed by atoms with Crippen LogP contribution in [0, 0.1) is 0 Å². The number of ether oxygens (including phenoxy) is 2. The smallest absolute Gasteiger partial charge is 0.416 e. The number of benzene rings is 5. The van der Waals surface area contributed by atoms with E-state index in [-0.39, 0.29) is 25.1 Å². The van der Waals surface area contributed by atoms with Crippen molar-refractivity contribution in [2.75, 3.05) is 27.3 Å². The van der Waals surface area contributed by atoms with E-state index >= 15 is 0 Å². The van der Waals surface area contributed by atoms with E-state index in [1.54, 1.807) is 44.6 Å². The van der Waals surface area contributed by atoms with Crippen LogP contribution in [0.25, 0.3) is 22.3 Å². The number of rotatable bonds is 14. The minimum atomic E-state index is -4.45. The molecular formula is C40H37F3N2O5. The fourth-order valence-corrected chi connectivity index (χ4v) is 5.66. The zero-order valence-electron chi connectivity index (χ0n) is 27.6. The number of carboxylic acids is 1. The minimum Gasteiger partial charge on any atom is -0.497 e. The van der Waals surface area contributed by atoms with Gasteiger partial charge in [-0.3, -0.25) is 4.79 Å². The first-order valence-corrected chi connectivity index (χ1v) is 15.9. The number of aliphatic carboxylic acids is 1. The quantitative estimate of drug-likeness (QED) is 0.116. The third-order valence-electron chi connectivity index (χ3n) is 8.43. The molecule has 7 nitrogen and oxygen atoms in total. The van der Waals surface area contributed by atoms with Gasteiger partial charge in [0, 0.05) is 43.2 Å². The summed E-state index contributed by atoms with van der Waals surface area (Å²) in [6.07, 6.45) is -4.37. The molecule has 0 aliphatic heterocycles. The molecule has 5 rings (SSSR count). The van der Waals surface area contributed by atoms with Gasteiger partial charge in [-0.2, -0.15) is 13.2 Å². The third kappa shape index (κ3) is 8.89. The van der Waals surface area contributed by atoms with Gasteiger partial charge in [0.2, 0.25) is 0 Å². The molecule has 0 aliphatic carbocycles. The van der Waals surface area contributed by atoms with Crippen molar-refractivity contribution in [3.8, 4) is 33.8 Å². The van der Waals surface area contributed by atoms with E-state index in [1.165, 1.54) is 17.0 Å². The molecule has 0 fully saturated rings. The lowest BCUT2D eigenvalue weighted by molar-refractivity contribution is -0.142. The normalized spacial score (nSPS) is 11.9. The van der Waals surface area contributed by atoms with Crippen molar-refractivity contribution in [1.29, 1.82) is 0 Å². The number of methoxy groups -OCH3 is 2. The van der Waals surface area contributed by atoms with Gasteiger partial charge in [0.1, 0.15) is 17.5 Å². The summed E-state index contributed by atoms with van der Waals surface area (Å²) in [4.78, 5) is 28.2. The minimum absolute atomic E-state index is 0.0755. The summed E-state index contributed by atoms with van der Waals surface area (Å²) in [6.45, 7) is 0.758. The molecule has 50 heavy (non-hydrogen) atoms. The number of carbonyl (C=O) groups is 2. The van der Waals surface area contributed by atoms with Crippen molar-refractivity contribution < 1.29 is 37.3 Å². The van der Waals surface area contributed by atoms with Gasteiger partial charge in [-0.1, -0.05) is 84.9 Å². The average Bonchev–Trinajstić information content (AvgIpc) is 3.14. The molecule has 5 aromatic carbocycles. The number of carboxylic acid groups (broad SMARTS) is 1. The Hall–Kier alpha value is -5.61. The van der Waals surface area contributed by atoms with Crippen molar-refractivity contribution >= 4 is 11.9 Å². The number of hydrogen-bond acceptors (Lipinski definition) is 5. The Morgan fingerprint density at radius 1 is 0.760 bits per heavy atom. The van der Waals surface area contributed by atoms with E-state index in [1.807, 2.05) is 66.7 Å². The van der Waals surface area contributed by atoms with Crippen LogP contribution in [0.2, 0.25) is 0 Å². The van der Waals surface area contributed by atoms with Gasteiger partial charge < -0.3 is 24.8 Å². The second kappa shape index (κ2) is 16.2. The third-order valence-corrected chi connectivity index (χ3v) is 8.43. The summed E-state index contributed by atoms with van der Waals surface area (Å²) in [5, 5.41) is 13.7. The highest BCUT2D eigenvalue weighted by Gasteiger charge is 2.31. The van der Waals surface area contributed by atoms with Crippen molar-refractivity contribution in [2.45, 2.75) is 25.2 Å². The lowest BCUT2D eigenvalue weighted by Gasteiger charge is -2.30. The molecule has 1 unspecified atom stereocenters. The van der Waals surface area contributed by atoms with Crippen molar-refractivity contribution in [3.05, 3.63) is 144 Å². The second-order valence-electron chi connectivity index (χ2n) is 11.6. The monoisotopic (exact) mass is 682 g/mol. The van der Waals surface area contributed by atoms with E-state index in [2.05, 4.69) is 5.32 Å². The molecule has 1 atom stereocenters. The maximum absolute atomic E-state index is 14.0. The zero-order valence-corrected chi connectivity index (χ0v) is 27.6. The van der Waals surface area contributed by atoms with Crippen molar-refractivity contribution in [2.24, 2.45) is 0 Å². The van der Waals surface area contributed by atoms with Crippen LogP contribution in [-0.2, 0) is 23.9 Å². The molecular weight excluding hydrogens is 645 g/mol. The molecule has 5 aromatic rings. The van der Waals surface area contributed by atoms with Crippen LogP contribution in [-0.4, -0.2) is 55.2 Å². The first-order chi connectivity index (χ1) is 24.1. The number of halogens is 3. The van der Waals surface area contributed by atoms with E-state index < -0.39 is 29.7 Å². The first-order valence-electron chi connectivity index (χ1n) is 15.9. The molecule has 1 amide bonds. The fourth-order valence-electron chi connectivity index (χ4n) is 5.66. The Morgan fingerprint density at radius 2 is 1.34 bits per heavy atom. The van der Waals surface area contributed by atoms with Crippen LogP contribution in [0.1, 0.15) is 27.0 Å². The van der Waals surface area contributed by atoms with Gasteiger partial charge in [-0.15, -0.1) is 0 Å². The molecule has 0 aliphatic rings. The average molecular weight is 683 g/mol.